The molecule has 0 bridgehead atoms. The zero-order chi connectivity index (χ0) is 53.4. The lowest BCUT2D eigenvalue weighted by molar-refractivity contribution is -0.122. The van der Waals surface area contributed by atoms with Gasteiger partial charge in [-0.3, -0.25) is 23.9 Å². The van der Waals surface area contributed by atoms with Crippen LogP contribution in [0.25, 0.3) is 6.08 Å². The largest absolute Gasteiger partial charge is 0.497 e. The van der Waals surface area contributed by atoms with Crippen LogP contribution in [0, 0.1) is 17.2 Å². The van der Waals surface area contributed by atoms with E-state index in [1.165, 1.54) is 28.5 Å². The second-order valence-electron chi connectivity index (χ2n) is 19.1. The van der Waals surface area contributed by atoms with Crippen LogP contribution in [0.5, 0.6) is 11.5 Å². The Kier molecular flexibility index (Phi) is 20.9. The third-order valence-electron chi connectivity index (χ3n) is 12.7. The zero-order valence-electron chi connectivity index (χ0n) is 43.9. The predicted octanol–water partition coefficient (Wildman–Crippen LogP) is 8.76. The Hall–Kier alpha value is -6.44. The summed E-state index contributed by atoms with van der Waals surface area (Å²) in [6.45, 7) is 14.7. The number of nitrogens with one attached hydrogen (secondary N) is 3. The van der Waals surface area contributed by atoms with Gasteiger partial charge in [0.05, 0.1) is 57.5 Å². The highest BCUT2D eigenvalue weighted by molar-refractivity contribution is 7.44. The van der Waals surface area contributed by atoms with Gasteiger partial charge >= 0.3 is 5.69 Å². The lowest BCUT2D eigenvalue weighted by Crippen LogP contribution is -2.39. The Morgan fingerprint density at radius 3 is 2.01 bits per heavy atom. The summed E-state index contributed by atoms with van der Waals surface area (Å²) >= 11 is 0. The minimum absolute atomic E-state index is 0.00872. The van der Waals surface area contributed by atoms with Gasteiger partial charge in [0.15, 0.2) is 0 Å². The fourth-order valence-electron chi connectivity index (χ4n) is 8.97. The van der Waals surface area contributed by atoms with Crippen molar-refractivity contribution in [3.05, 3.63) is 170 Å². The van der Waals surface area contributed by atoms with Gasteiger partial charge in [0.2, 0.25) is 11.8 Å². The number of rotatable bonds is 26. The summed E-state index contributed by atoms with van der Waals surface area (Å²) in [7, 11) is 1.43. The first-order valence-electron chi connectivity index (χ1n) is 25.1. The van der Waals surface area contributed by atoms with Crippen molar-refractivity contribution in [2.45, 2.75) is 110 Å². The number of amides is 2. The lowest BCUT2D eigenvalue weighted by Gasteiger charge is -2.39. The summed E-state index contributed by atoms with van der Waals surface area (Å²) in [5.74, 6) is 0.809. The number of nitrogens with zero attached hydrogens (tertiary/aromatic N) is 3. The Balaban J connectivity index is 1.27. The number of aromatic amines is 1. The molecule has 0 aliphatic carbocycles. The molecule has 5 aromatic rings. The molecule has 1 fully saturated rings. The van der Waals surface area contributed by atoms with Crippen molar-refractivity contribution >= 4 is 26.4 Å². The first kappa shape index (κ1) is 56.8. The normalized spacial score (nSPS) is 16.7. The third kappa shape index (κ3) is 14.7. The van der Waals surface area contributed by atoms with Gasteiger partial charge < -0.3 is 38.6 Å². The van der Waals surface area contributed by atoms with E-state index in [1.807, 2.05) is 126 Å². The number of methoxy groups -OCH3 is 2. The van der Waals surface area contributed by atoms with Crippen LogP contribution in [-0.4, -0.2) is 90.9 Å². The van der Waals surface area contributed by atoms with E-state index in [0.29, 0.717) is 17.4 Å². The molecule has 2 amide bonds. The minimum Gasteiger partial charge on any atom is -0.497 e. The fraction of sp³-hybridized carbons (Fsp3) is 0.421. The molecule has 3 N–H and O–H groups in total. The summed E-state index contributed by atoms with van der Waals surface area (Å²) < 4.78 is 41.9. The smallest absolute Gasteiger partial charge is 0.330 e. The van der Waals surface area contributed by atoms with Gasteiger partial charge in [-0.2, -0.15) is 5.26 Å². The van der Waals surface area contributed by atoms with E-state index in [1.54, 1.807) is 14.2 Å². The average molecular weight is 1030 g/mol. The average Bonchev–Trinajstić information content (AvgIpc) is 3.79. The molecule has 1 aliphatic rings. The molecule has 6 rings (SSSR count). The SMILES string of the molecule is COc1ccc(C(OC[C@H]2O[C@@H](n3cc(C=CC(=O)NCCNC(=O)[C@@H](C)c4ccc(CC(C)C)cc4)c(=O)[nH]c3=O)C[C@H]2OP(OCCC#N)N(C(C)C)C(C)C)(c2ccccc2)c2ccc(OC)cc2)cc1. The molecule has 17 heteroatoms. The topological polar surface area (TPSA) is 195 Å². The molecule has 74 heavy (non-hydrogen) atoms. The maximum absolute atomic E-state index is 13.7. The number of hydrogen-bond donors (Lipinski definition) is 3. The van der Waals surface area contributed by atoms with Crippen molar-refractivity contribution in [1.29, 1.82) is 5.26 Å². The monoisotopic (exact) mass is 1030 g/mol. The molecule has 4 aromatic carbocycles. The number of H-pyrrole nitrogens is 1. The van der Waals surface area contributed by atoms with Gasteiger partial charge in [-0.25, -0.2) is 9.46 Å². The number of carbonyl (C=O) groups is 2. The number of nitriles is 1. The molecule has 0 radical (unpaired) electrons. The Morgan fingerprint density at radius 2 is 1.45 bits per heavy atom. The van der Waals surface area contributed by atoms with E-state index < -0.39 is 49.7 Å². The molecule has 0 saturated carbocycles. The van der Waals surface area contributed by atoms with E-state index in [0.717, 1.165) is 28.7 Å². The number of ether oxygens (including phenoxy) is 4. The van der Waals surface area contributed by atoms with E-state index in [9.17, 15) is 24.4 Å². The summed E-state index contributed by atoms with van der Waals surface area (Å²) in [5, 5.41) is 15.1. The molecule has 2 heterocycles. The standard InChI is InChI=1S/C57H71N6O10P/c1-38(2)34-42-16-18-43(19-17-42)41(7)54(65)60-32-31-59-52(64)29-20-44-36-62(56(67)61-55(44)66)53-35-50(73-74(71-33-13-30-58)63(39(3)4)40(5)6)51(72-53)37-70-57(45-14-11-10-12-15-45,46-21-25-48(68-8)26-22-46)47-23-27-49(69-9)28-24-47/h10-12,14-29,36,38-41,50-51,53H,13,31-35,37H2,1-9H3,(H,59,64)(H,60,65)(H,61,66,67)/t41-,50+,51+,53+,74?/m0/s1. The van der Waals surface area contributed by atoms with Gasteiger partial charge in [0, 0.05) is 43.9 Å². The van der Waals surface area contributed by atoms with E-state index in [4.69, 9.17) is 28.0 Å². The second kappa shape index (κ2) is 27.2. The third-order valence-corrected chi connectivity index (χ3v) is 14.8. The lowest BCUT2D eigenvalue weighted by atomic mass is 9.80. The van der Waals surface area contributed by atoms with Crippen LogP contribution in [0.2, 0.25) is 0 Å². The van der Waals surface area contributed by atoms with Gasteiger partial charge in [-0.15, -0.1) is 0 Å². The van der Waals surface area contributed by atoms with Crippen molar-refractivity contribution in [2.75, 3.05) is 40.5 Å². The van der Waals surface area contributed by atoms with Gasteiger partial charge in [-0.1, -0.05) is 92.7 Å². The van der Waals surface area contributed by atoms with Crippen LogP contribution in [-0.2, 0) is 40.1 Å². The van der Waals surface area contributed by atoms with Crippen molar-refractivity contribution in [1.82, 2.24) is 24.9 Å². The molecule has 0 spiro atoms. The number of benzene rings is 4. The number of carbonyl (C=O) groups excluding carboxylic acids is 2. The van der Waals surface area contributed by atoms with Crippen LogP contribution in [0.4, 0.5) is 0 Å². The zero-order valence-corrected chi connectivity index (χ0v) is 44.8. The molecule has 1 aliphatic heterocycles. The maximum Gasteiger partial charge on any atom is 0.330 e. The molecular formula is C57H71N6O10P. The Morgan fingerprint density at radius 1 is 0.851 bits per heavy atom. The highest BCUT2D eigenvalue weighted by Crippen LogP contribution is 2.51. The van der Waals surface area contributed by atoms with Crippen molar-refractivity contribution in [2.24, 2.45) is 5.92 Å². The van der Waals surface area contributed by atoms with Gasteiger partial charge in [0.25, 0.3) is 14.1 Å². The van der Waals surface area contributed by atoms with Crippen molar-refractivity contribution in [3.8, 4) is 17.6 Å². The molecule has 1 aromatic heterocycles. The van der Waals surface area contributed by atoms with Crippen LogP contribution < -0.4 is 31.4 Å². The van der Waals surface area contributed by atoms with Crippen molar-refractivity contribution < 1.29 is 37.6 Å². The first-order valence-corrected chi connectivity index (χ1v) is 26.3. The number of aromatic nitrogens is 2. The summed E-state index contributed by atoms with van der Waals surface area (Å²) in [5.41, 5.74) is 1.90. The quantitative estimate of drug-likeness (QED) is 0.0207. The fourth-order valence-corrected chi connectivity index (χ4v) is 10.7. The Bertz CT molecular complexity index is 2720. The molecule has 394 valence electrons. The van der Waals surface area contributed by atoms with E-state index in [2.05, 4.69) is 52.3 Å². The minimum atomic E-state index is -1.79. The maximum atomic E-state index is 13.7. The molecular weight excluding hydrogens is 960 g/mol. The molecule has 1 saturated heterocycles. The molecule has 16 nitrogen and oxygen atoms in total. The van der Waals surface area contributed by atoms with Gasteiger partial charge in [-0.05, 0) is 105 Å². The van der Waals surface area contributed by atoms with E-state index >= 15 is 0 Å². The molecule has 5 atom stereocenters. The summed E-state index contributed by atoms with van der Waals surface area (Å²) in [6, 6.07) is 35.3. The molecule has 1 unspecified atom stereocenters. The number of hydrogen-bond acceptors (Lipinski definition) is 12. The van der Waals surface area contributed by atoms with Crippen LogP contribution in [0.15, 0.2) is 125 Å². The van der Waals surface area contributed by atoms with Crippen molar-refractivity contribution in [3.63, 3.8) is 0 Å². The van der Waals surface area contributed by atoms with Crippen LogP contribution >= 0.6 is 8.53 Å². The highest BCUT2D eigenvalue weighted by Gasteiger charge is 2.45. The summed E-state index contributed by atoms with van der Waals surface area (Å²) in [6.07, 6.45) is 2.58. The summed E-state index contributed by atoms with van der Waals surface area (Å²) in [4.78, 5) is 55.3. The van der Waals surface area contributed by atoms with E-state index in [-0.39, 0.29) is 68.6 Å². The van der Waals surface area contributed by atoms with Crippen LogP contribution in [0.3, 0.4) is 0 Å². The highest BCUT2D eigenvalue weighted by atomic mass is 31.2. The Labute approximate surface area is 436 Å². The first-order chi connectivity index (χ1) is 35.6. The predicted molar refractivity (Wildman–Crippen MR) is 287 cm³/mol. The van der Waals surface area contributed by atoms with Crippen LogP contribution in [0.1, 0.15) is 107 Å². The van der Waals surface area contributed by atoms with Gasteiger partial charge in [0.1, 0.15) is 29.4 Å². The second-order valence-corrected chi connectivity index (χ2v) is 20.5.